The minimum atomic E-state index is 0.757. The molecule has 0 aliphatic rings. The first kappa shape index (κ1) is 10.1. The van der Waals surface area contributed by atoms with Crippen LogP contribution in [0.5, 0.6) is 5.75 Å². The van der Waals surface area contributed by atoms with E-state index in [1.54, 1.807) is 7.11 Å². The Labute approximate surface area is 79.5 Å². The molecule has 0 amide bonds. The largest absolute Gasteiger partial charge is 0.494 e. The van der Waals surface area contributed by atoms with Gasteiger partial charge in [-0.15, -0.1) is 0 Å². The maximum atomic E-state index is 5.48. The Hall–Kier alpha value is -1.02. The number of ether oxygens (including phenoxy) is 2. The van der Waals surface area contributed by atoms with Crippen molar-refractivity contribution in [3.63, 3.8) is 0 Å². The van der Waals surface area contributed by atoms with Gasteiger partial charge in [0.05, 0.1) is 6.61 Å². The summed E-state index contributed by atoms with van der Waals surface area (Å²) in [7, 11) is 1.72. The van der Waals surface area contributed by atoms with Gasteiger partial charge in [-0.1, -0.05) is 12.1 Å². The first-order valence-corrected chi connectivity index (χ1v) is 4.51. The molecule has 0 heterocycles. The average molecular weight is 179 g/mol. The van der Waals surface area contributed by atoms with Gasteiger partial charge in [-0.05, 0) is 31.0 Å². The highest BCUT2D eigenvalue weighted by atomic mass is 16.5. The summed E-state index contributed by atoms with van der Waals surface area (Å²) in [5, 5.41) is 0. The topological polar surface area (TPSA) is 18.5 Å². The van der Waals surface area contributed by atoms with Crippen molar-refractivity contribution in [3.05, 3.63) is 30.3 Å². The second-order valence-corrected chi connectivity index (χ2v) is 2.78. The zero-order valence-corrected chi connectivity index (χ0v) is 7.95. The summed E-state index contributed by atoms with van der Waals surface area (Å²) in [6, 6.07) is 10.5. The standard InChI is InChI=1S/C11H15O2/c1-12-9-5-6-10-13-11-7-3-2-4-8-11/h3-4,7-8H,5-6,9-10H2,1H3. The Morgan fingerprint density at radius 2 is 1.85 bits per heavy atom. The van der Waals surface area contributed by atoms with Crippen LogP contribution in [0, 0.1) is 6.07 Å². The molecule has 0 aliphatic heterocycles. The highest BCUT2D eigenvalue weighted by Gasteiger charge is 1.91. The van der Waals surface area contributed by atoms with Gasteiger partial charge < -0.3 is 9.47 Å². The number of unbranched alkanes of at least 4 members (excludes halogenated alkanes) is 1. The minimum Gasteiger partial charge on any atom is -0.494 e. The van der Waals surface area contributed by atoms with Gasteiger partial charge in [-0.25, -0.2) is 0 Å². The molecule has 0 fully saturated rings. The molecule has 13 heavy (non-hydrogen) atoms. The van der Waals surface area contributed by atoms with Gasteiger partial charge in [0, 0.05) is 13.7 Å². The van der Waals surface area contributed by atoms with Gasteiger partial charge in [-0.2, -0.15) is 0 Å². The molecular formula is C11H15O2. The molecule has 0 aromatic heterocycles. The molecule has 1 aromatic carbocycles. The van der Waals surface area contributed by atoms with E-state index in [4.69, 9.17) is 9.47 Å². The summed E-state index contributed by atoms with van der Waals surface area (Å²) in [4.78, 5) is 0. The quantitative estimate of drug-likeness (QED) is 0.624. The molecule has 1 rings (SSSR count). The molecule has 0 spiro atoms. The van der Waals surface area contributed by atoms with Crippen LogP contribution in [0.15, 0.2) is 24.3 Å². The number of benzene rings is 1. The molecule has 2 nitrogen and oxygen atoms in total. The fourth-order valence-corrected chi connectivity index (χ4v) is 1.01. The second-order valence-electron chi connectivity index (χ2n) is 2.78. The Bertz CT molecular complexity index is 209. The third kappa shape index (κ3) is 4.53. The van der Waals surface area contributed by atoms with Crippen molar-refractivity contribution in [1.82, 2.24) is 0 Å². The number of hydrogen-bond donors (Lipinski definition) is 0. The van der Waals surface area contributed by atoms with Crippen molar-refractivity contribution in [2.75, 3.05) is 20.3 Å². The van der Waals surface area contributed by atoms with Crippen LogP contribution in [-0.2, 0) is 4.74 Å². The van der Waals surface area contributed by atoms with Crippen LogP contribution in [0.3, 0.4) is 0 Å². The van der Waals surface area contributed by atoms with Gasteiger partial charge in [0.15, 0.2) is 0 Å². The lowest BCUT2D eigenvalue weighted by Crippen LogP contribution is -1.99. The van der Waals surface area contributed by atoms with E-state index in [9.17, 15) is 0 Å². The van der Waals surface area contributed by atoms with Gasteiger partial charge in [0.1, 0.15) is 5.75 Å². The summed E-state index contributed by atoms with van der Waals surface area (Å²) in [5.74, 6) is 0.913. The zero-order valence-electron chi connectivity index (χ0n) is 7.95. The average Bonchev–Trinajstić information content (AvgIpc) is 2.19. The second kappa shape index (κ2) is 6.49. The van der Waals surface area contributed by atoms with E-state index in [0.717, 1.165) is 31.8 Å². The number of rotatable bonds is 6. The molecule has 71 valence electrons. The van der Waals surface area contributed by atoms with Crippen molar-refractivity contribution in [1.29, 1.82) is 0 Å². The van der Waals surface area contributed by atoms with Crippen molar-refractivity contribution in [2.24, 2.45) is 0 Å². The molecule has 0 saturated heterocycles. The molecule has 1 radical (unpaired) electrons. The van der Waals surface area contributed by atoms with Gasteiger partial charge in [-0.3, -0.25) is 0 Å². The fourth-order valence-electron chi connectivity index (χ4n) is 1.01. The monoisotopic (exact) mass is 179 g/mol. The summed E-state index contributed by atoms with van der Waals surface area (Å²) in [6.07, 6.45) is 2.09. The van der Waals surface area contributed by atoms with Crippen LogP contribution in [0.2, 0.25) is 0 Å². The summed E-state index contributed by atoms with van der Waals surface area (Å²) in [5.41, 5.74) is 0. The SMILES string of the molecule is COCCCCOc1cc[c]cc1. The summed E-state index contributed by atoms with van der Waals surface area (Å²) in [6.45, 7) is 1.57. The van der Waals surface area contributed by atoms with Crippen LogP contribution >= 0.6 is 0 Å². The Morgan fingerprint density at radius 1 is 1.15 bits per heavy atom. The van der Waals surface area contributed by atoms with E-state index >= 15 is 0 Å². The molecule has 0 saturated carbocycles. The van der Waals surface area contributed by atoms with Crippen LogP contribution in [0.4, 0.5) is 0 Å². The molecule has 2 heteroatoms. The van der Waals surface area contributed by atoms with Crippen molar-refractivity contribution in [3.8, 4) is 5.75 Å². The predicted octanol–water partition coefficient (Wildman–Crippen LogP) is 2.29. The van der Waals surface area contributed by atoms with E-state index in [2.05, 4.69) is 6.07 Å². The van der Waals surface area contributed by atoms with Crippen LogP contribution < -0.4 is 4.74 Å². The molecule has 1 aromatic rings. The first-order chi connectivity index (χ1) is 6.43. The summed E-state index contributed by atoms with van der Waals surface area (Å²) < 4.78 is 10.4. The zero-order chi connectivity index (χ0) is 9.36. The van der Waals surface area contributed by atoms with Gasteiger partial charge in [0.2, 0.25) is 0 Å². The number of methoxy groups -OCH3 is 1. The highest BCUT2D eigenvalue weighted by molar-refractivity contribution is 5.20. The first-order valence-electron chi connectivity index (χ1n) is 4.51. The van der Waals surface area contributed by atoms with Crippen molar-refractivity contribution >= 4 is 0 Å². The molecule has 0 atom stereocenters. The highest BCUT2D eigenvalue weighted by Crippen LogP contribution is 2.08. The van der Waals surface area contributed by atoms with Crippen LogP contribution in [0.1, 0.15) is 12.8 Å². The van der Waals surface area contributed by atoms with Crippen molar-refractivity contribution < 1.29 is 9.47 Å². The maximum Gasteiger partial charge on any atom is 0.119 e. The van der Waals surface area contributed by atoms with Crippen LogP contribution in [0.25, 0.3) is 0 Å². The Morgan fingerprint density at radius 3 is 2.54 bits per heavy atom. The molecule has 0 bridgehead atoms. The van der Waals surface area contributed by atoms with Crippen molar-refractivity contribution in [2.45, 2.75) is 12.8 Å². The van der Waals surface area contributed by atoms with Gasteiger partial charge >= 0.3 is 0 Å². The van der Waals surface area contributed by atoms with E-state index < -0.39 is 0 Å². The minimum absolute atomic E-state index is 0.757. The lowest BCUT2D eigenvalue weighted by Gasteiger charge is -2.04. The Kier molecular flexibility index (Phi) is 5.02. The van der Waals surface area contributed by atoms with E-state index in [-0.39, 0.29) is 0 Å². The molecule has 0 aliphatic carbocycles. The number of hydrogen-bond acceptors (Lipinski definition) is 2. The normalized spacial score (nSPS) is 9.92. The fraction of sp³-hybridized carbons (Fsp3) is 0.455. The van der Waals surface area contributed by atoms with Gasteiger partial charge in [0.25, 0.3) is 0 Å². The van der Waals surface area contributed by atoms with E-state index in [0.29, 0.717) is 0 Å². The third-order valence-corrected chi connectivity index (χ3v) is 1.70. The maximum absolute atomic E-state index is 5.48. The van der Waals surface area contributed by atoms with E-state index in [1.807, 2.05) is 24.3 Å². The summed E-state index contributed by atoms with van der Waals surface area (Å²) >= 11 is 0. The molecular weight excluding hydrogens is 164 g/mol. The molecule has 0 N–H and O–H groups in total. The lowest BCUT2D eigenvalue weighted by atomic mass is 10.3. The molecule has 0 unspecified atom stereocenters. The predicted molar refractivity (Wildman–Crippen MR) is 51.9 cm³/mol. The van der Waals surface area contributed by atoms with E-state index in [1.165, 1.54) is 0 Å². The smallest absolute Gasteiger partial charge is 0.119 e. The Balaban J connectivity index is 2.07. The lowest BCUT2D eigenvalue weighted by molar-refractivity contribution is 0.184. The third-order valence-electron chi connectivity index (χ3n) is 1.70. The van der Waals surface area contributed by atoms with Crippen LogP contribution in [-0.4, -0.2) is 20.3 Å².